The van der Waals surface area contributed by atoms with Crippen LogP contribution in [0.25, 0.3) is 0 Å². The van der Waals surface area contributed by atoms with Crippen LogP contribution in [0.4, 0.5) is 4.79 Å². The van der Waals surface area contributed by atoms with Gasteiger partial charge >= 0.3 is 6.03 Å². The summed E-state index contributed by atoms with van der Waals surface area (Å²) in [6, 6.07) is -0.552. The molecule has 90 valence electrons. The minimum absolute atomic E-state index is 0.0633. The lowest BCUT2D eigenvalue weighted by atomic mass is 10.3. The molecule has 1 aliphatic heterocycles. The van der Waals surface area contributed by atoms with E-state index in [1.165, 1.54) is 11.9 Å². The topological polar surface area (TPSA) is 89.9 Å². The van der Waals surface area contributed by atoms with Gasteiger partial charge in [-0.1, -0.05) is 0 Å². The van der Waals surface area contributed by atoms with Crippen molar-refractivity contribution in [3.8, 4) is 0 Å². The van der Waals surface area contributed by atoms with Gasteiger partial charge in [0.25, 0.3) is 5.91 Å². The fourth-order valence-electron chi connectivity index (χ4n) is 1.37. The molecule has 0 aromatic heterocycles. The van der Waals surface area contributed by atoms with E-state index in [0.29, 0.717) is 0 Å². The van der Waals surface area contributed by atoms with Gasteiger partial charge in [-0.2, -0.15) is 0 Å². The molecule has 1 unspecified atom stereocenters. The van der Waals surface area contributed by atoms with Crippen LogP contribution in [-0.4, -0.2) is 65.5 Å². The minimum Gasteiger partial charge on any atom is -0.392 e. The second-order valence-corrected chi connectivity index (χ2v) is 3.76. The van der Waals surface area contributed by atoms with Crippen molar-refractivity contribution in [2.45, 2.75) is 13.0 Å². The number of hydrogen-bond acceptors (Lipinski definition) is 4. The van der Waals surface area contributed by atoms with Gasteiger partial charge in [0, 0.05) is 13.6 Å². The Hall–Kier alpha value is -1.63. The Morgan fingerprint density at radius 2 is 2.25 bits per heavy atom. The van der Waals surface area contributed by atoms with E-state index < -0.39 is 18.0 Å². The minimum atomic E-state index is -0.642. The van der Waals surface area contributed by atoms with Gasteiger partial charge < -0.3 is 15.3 Å². The molecule has 16 heavy (non-hydrogen) atoms. The molecule has 7 heteroatoms. The van der Waals surface area contributed by atoms with Gasteiger partial charge in [0.1, 0.15) is 6.54 Å². The predicted molar refractivity (Wildman–Crippen MR) is 54.4 cm³/mol. The van der Waals surface area contributed by atoms with Gasteiger partial charge in [-0.05, 0) is 6.92 Å². The van der Waals surface area contributed by atoms with Crippen molar-refractivity contribution in [2.24, 2.45) is 0 Å². The molecule has 0 spiro atoms. The Morgan fingerprint density at radius 3 is 2.69 bits per heavy atom. The molecule has 1 heterocycles. The molecule has 0 aromatic carbocycles. The molecular weight excluding hydrogens is 214 g/mol. The summed E-state index contributed by atoms with van der Waals surface area (Å²) in [7, 11) is 1.51. The van der Waals surface area contributed by atoms with Gasteiger partial charge in [-0.25, -0.2) is 4.79 Å². The zero-order valence-electron chi connectivity index (χ0n) is 9.27. The molecule has 0 radical (unpaired) electrons. The Bertz CT molecular complexity index is 300. The van der Waals surface area contributed by atoms with Crippen molar-refractivity contribution >= 4 is 17.8 Å². The van der Waals surface area contributed by atoms with E-state index in [1.807, 2.05) is 0 Å². The number of aliphatic hydroxyl groups is 1. The van der Waals surface area contributed by atoms with Crippen LogP contribution in [0.3, 0.4) is 0 Å². The molecule has 2 N–H and O–H groups in total. The molecule has 0 bridgehead atoms. The summed E-state index contributed by atoms with van der Waals surface area (Å²) < 4.78 is 0. The van der Waals surface area contributed by atoms with Gasteiger partial charge in [0.15, 0.2) is 0 Å². The maximum absolute atomic E-state index is 11.6. The average Bonchev–Trinajstić information content (AvgIpc) is 2.48. The van der Waals surface area contributed by atoms with Crippen molar-refractivity contribution in [3.63, 3.8) is 0 Å². The molecule has 1 fully saturated rings. The maximum atomic E-state index is 11.6. The summed E-state index contributed by atoms with van der Waals surface area (Å²) in [5.74, 6) is -0.796. The van der Waals surface area contributed by atoms with E-state index in [-0.39, 0.29) is 25.5 Å². The summed E-state index contributed by atoms with van der Waals surface area (Å²) in [5.41, 5.74) is 0. The van der Waals surface area contributed by atoms with Crippen molar-refractivity contribution in [2.75, 3.05) is 26.7 Å². The highest BCUT2D eigenvalue weighted by atomic mass is 16.3. The van der Waals surface area contributed by atoms with E-state index in [9.17, 15) is 14.4 Å². The standard InChI is InChI=1S/C9H15N3O4/c1-6(13)4-11(2)8(15)5-12-7(14)3-10-9(12)16/h6,13H,3-5H2,1-2H3,(H,10,16). The maximum Gasteiger partial charge on any atom is 0.325 e. The molecular formula is C9H15N3O4. The SMILES string of the molecule is CC(O)CN(C)C(=O)CN1C(=O)CNC1=O. The van der Waals surface area contributed by atoms with Crippen LogP contribution in [0.1, 0.15) is 6.92 Å². The summed E-state index contributed by atoms with van der Waals surface area (Å²) in [5, 5.41) is 11.4. The molecule has 1 atom stereocenters. The summed E-state index contributed by atoms with van der Waals surface area (Å²) >= 11 is 0. The van der Waals surface area contributed by atoms with Gasteiger partial charge in [0.05, 0.1) is 12.6 Å². The van der Waals surface area contributed by atoms with Crippen LogP contribution in [0, 0.1) is 0 Å². The monoisotopic (exact) mass is 229 g/mol. The van der Waals surface area contributed by atoms with Gasteiger partial charge in [0.2, 0.25) is 5.91 Å². The number of urea groups is 1. The Balaban J connectivity index is 2.50. The zero-order valence-corrected chi connectivity index (χ0v) is 9.27. The number of imide groups is 1. The number of carbonyl (C=O) groups excluding carboxylic acids is 3. The van der Waals surface area contributed by atoms with E-state index in [0.717, 1.165) is 4.90 Å². The number of aliphatic hydroxyl groups excluding tert-OH is 1. The molecule has 1 rings (SSSR count). The van der Waals surface area contributed by atoms with Gasteiger partial charge in [-0.15, -0.1) is 0 Å². The van der Waals surface area contributed by atoms with E-state index in [4.69, 9.17) is 5.11 Å². The summed E-state index contributed by atoms with van der Waals surface area (Å²) in [6.07, 6.45) is -0.642. The molecule has 7 nitrogen and oxygen atoms in total. The molecule has 0 aromatic rings. The summed E-state index contributed by atoms with van der Waals surface area (Å²) in [4.78, 5) is 36.0. The lowest BCUT2D eigenvalue weighted by molar-refractivity contribution is -0.136. The average molecular weight is 229 g/mol. The highest BCUT2D eigenvalue weighted by Gasteiger charge is 2.30. The number of nitrogens with zero attached hydrogens (tertiary/aromatic N) is 2. The van der Waals surface area contributed by atoms with Crippen LogP contribution >= 0.6 is 0 Å². The first-order valence-corrected chi connectivity index (χ1v) is 4.92. The Morgan fingerprint density at radius 1 is 1.62 bits per heavy atom. The van der Waals surface area contributed by atoms with Crippen molar-refractivity contribution in [1.82, 2.24) is 15.1 Å². The molecule has 1 aliphatic rings. The molecule has 4 amide bonds. The van der Waals surface area contributed by atoms with E-state index in [1.54, 1.807) is 6.92 Å². The third kappa shape index (κ3) is 2.93. The van der Waals surface area contributed by atoms with Crippen molar-refractivity contribution in [3.05, 3.63) is 0 Å². The number of amides is 4. The fraction of sp³-hybridized carbons (Fsp3) is 0.667. The highest BCUT2D eigenvalue weighted by Crippen LogP contribution is 2.00. The second kappa shape index (κ2) is 4.93. The predicted octanol–water partition coefficient (Wildman–Crippen LogP) is -1.62. The van der Waals surface area contributed by atoms with Crippen molar-refractivity contribution in [1.29, 1.82) is 0 Å². The quantitative estimate of drug-likeness (QED) is 0.567. The third-order valence-electron chi connectivity index (χ3n) is 2.19. The second-order valence-electron chi connectivity index (χ2n) is 3.76. The number of rotatable bonds is 4. The lowest BCUT2D eigenvalue weighted by Crippen LogP contribution is -2.43. The van der Waals surface area contributed by atoms with E-state index in [2.05, 4.69) is 5.32 Å². The highest BCUT2D eigenvalue weighted by molar-refractivity contribution is 6.04. The number of likely N-dealkylation sites (N-methyl/N-ethyl adjacent to an activating group) is 1. The first-order chi connectivity index (χ1) is 7.41. The lowest BCUT2D eigenvalue weighted by Gasteiger charge is -2.21. The van der Waals surface area contributed by atoms with Crippen LogP contribution < -0.4 is 5.32 Å². The van der Waals surface area contributed by atoms with Crippen LogP contribution in [0.15, 0.2) is 0 Å². The normalized spacial score (nSPS) is 17.3. The Kier molecular flexibility index (Phi) is 3.83. The fourth-order valence-corrected chi connectivity index (χ4v) is 1.37. The van der Waals surface area contributed by atoms with Gasteiger partial charge in [-0.3, -0.25) is 14.5 Å². The van der Waals surface area contributed by atoms with Crippen molar-refractivity contribution < 1.29 is 19.5 Å². The number of carbonyl (C=O) groups is 3. The number of nitrogens with one attached hydrogen (secondary N) is 1. The van der Waals surface area contributed by atoms with E-state index >= 15 is 0 Å². The molecule has 0 saturated carbocycles. The summed E-state index contributed by atoms with van der Waals surface area (Å²) in [6.45, 7) is 1.38. The zero-order chi connectivity index (χ0) is 12.3. The first-order valence-electron chi connectivity index (χ1n) is 4.92. The first kappa shape index (κ1) is 12.4. The Labute approximate surface area is 93.0 Å². The van der Waals surface area contributed by atoms with Crippen LogP contribution in [0.5, 0.6) is 0 Å². The van der Waals surface area contributed by atoms with Crippen LogP contribution in [-0.2, 0) is 9.59 Å². The smallest absolute Gasteiger partial charge is 0.325 e. The molecule has 0 aliphatic carbocycles. The molecule has 1 saturated heterocycles. The van der Waals surface area contributed by atoms with Crippen LogP contribution in [0.2, 0.25) is 0 Å². The number of hydrogen-bond donors (Lipinski definition) is 2. The largest absolute Gasteiger partial charge is 0.392 e. The third-order valence-corrected chi connectivity index (χ3v) is 2.19.